The third-order valence-electron chi connectivity index (χ3n) is 11.5. The quantitative estimate of drug-likeness (QED) is 0.378. The van der Waals surface area contributed by atoms with E-state index in [1.165, 1.54) is 43.8 Å². The Morgan fingerprint density at radius 3 is 2.57 bits per heavy atom. The fraction of sp³-hybridized carbons (Fsp3) is 0.472. The lowest BCUT2D eigenvalue weighted by molar-refractivity contribution is -0.117. The van der Waals surface area contributed by atoms with Crippen molar-refractivity contribution in [1.82, 2.24) is 9.29 Å². The number of nitrogens with zero attached hydrogens (tertiary/aromatic N) is 2. The van der Waals surface area contributed by atoms with Gasteiger partial charge in [-0.15, -0.1) is 6.42 Å². The number of anilines is 1. The number of carbonyl (C=O) groups is 2. The predicted molar refractivity (Wildman–Crippen MR) is 174 cm³/mol. The summed E-state index contributed by atoms with van der Waals surface area (Å²) in [5.41, 5.74) is 0.216. The molecule has 0 saturated heterocycles. The van der Waals surface area contributed by atoms with Crippen LogP contribution in [0.15, 0.2) is 70.9 Å². The number of hydrogen-bond acceptors (Lipinski definition) is 7. The first-order valence-corrected chi connectivity index (χ1v) is 17.6. The molecule has 0 spiro atoms. The molecule has 2 heterocycles. The van der Waals surface area contributed by atoms with Gasteiger partial charge in [0.25, 0.3) is 15.9 Å². The SMILES string of the molecule is C#C[C@]1(O)CC[C@H]2[C@@H]3CCC4=CC(=O)CC[C@@H]4[C@H]3CC[C@@]21CC.CN1C(C(=O)Nc2ccccn2)=C(O)c2ccccc2S1(=O)=O. The van der Waals surface area contributed by atoms with Crippen molar-refractivity contribution in [3.8, 4) is 12.3 Å². The summed E-state index contributed by atoms with van der Waals surface area (Å²) >= 11 is 0. The molecule has 7 rings (SSSR count). The van der Waals surface area contributed by atoms with Gasteiger partial charge in [-0.05, 0) is 105 Å². The Morgan fingerprint density at radius 2 is 1.85 bits per heavy atom. The van der Waals surface area contributed by atoms with Gasteiger partial charge >= 0.3 is 0 Å². The number of rotatable bonds is 3. The second-order valence-corrected chi connectivity index (χ2v) is 15.2. The summed E-state index contributed by atoms with van der Waals surface area (Å²) < 4.78 is 25.8. The van der Waals surface area contributed by atoms with Crippen molar-refractivity contribution in [3.05, 3.63) is 71.6 Å². The van der Waals surface area contributed by atoms with Crippen LogP contribution in [0.1, 0.15) is 70.3 Å². The smallest absolute Gasteiger partial charge is 0.277 e. The minimum Gasteiger partial charge on any atom is -0.505 e. The van der Waals surface area contributed by atoms with E-state index in [4.69, 9.17) is 6.42 Å². The molecule has 3 fully saturated rings. The van der Waals surface area contributed by atoms with Crippen molar-refractivity contribution in [2.75, 3.05) is 12.4 Å². The molecule has 6 atom stereocenters. The highest BCUT2D eigenvalue weighted by molar-refractivity contribution is 7.89. The summed E-state index contributed by atoms with van der Waals surface area (Å²) in [7, 11) is -2.69. The molecule has 46 heavy (non-hydrogen) atoms. The Morgan fingerprint density at radius 1 is 1.09 bits per heavy atom. The van der Waals surface area contributed by atoms with Crippen LogP contribution in [0.4, 0.5) is 5.82 Å². The molecule has 2 aromatic rings. The number of aliphatic hydroxyl groups is 2. The molecule has 1 aromatic carbocycles. The predicted octanol–water partition coefficient (Wildman–Crippen LogP) is 5.46. The average molecular weight is 644 g/mol. The monoisotopic (exact) mass is 643 g/mol. The summed E-state index contributed by atoms with van der Waals surface area (Å²) in [5.74, 6) is 4.82. The number of aliphatic hydroxyl groups excluding tert-OH is 1. The van der Waals surface area contributed by atoms with Crippen molar-refractivity contribution in [3.63, 3.8) is 0 Å². The van der Waals surface area contributed by atoms with Crippen LogP contribution < -0.4 is 5.32 Å². The van der Waals surface area contributed by atoms with Gasteiger partial charge in [-0.2, -0.15) is 0 Å². The Hall–Kier alpha value is -3.94. The minimum absolute atomic E-state index is 0.0469. The number of fused-ring (bicyclic) bond motifs is 6. The molecule has 1 aromatic heterocycles. The van der Waals surface area contributed by atoms with Crippen LogP contribution in [-0.4, -0.2) is 52.3 Å². The fourth-order valence-electron chi connectivity index (χ4n) is 9.25. The topological polar surface area (TPSA) is 137 Å². The van der Waals surface area contributed by atoms with Gasteiger partial charge in [-0.3, -0.25) is 13.9 Å². The van der Waals surface area contributed by atoms with Gasteiger partial charge in [0.05, 0.1) is 4.90 Å². The van der Waals surface area contributed by atoms with Gasteiger partial charge in [-0.1, -0.05) is 36.6 Å². The molecule has 0 bridgehead atoms. The number of ketones is 1. The molecule has 5 aliphatic rings. The van der Waals surface area contributed by atoms with E-state index in [0.29, 0.717) is 29.5 Å². The second-order valence-electron chi connectivity index (χ2n) is 13.2. The summed E-state index contributed by atoms with van der Waals surface area (Å²) in [6.45, 7) is 2.22. The van der Waals surface area contributed by atoms with Crippen molar-refractivity contribution >= 4 is 33.3 Å². The van der Waals surface area contributed by atoms with Crippen LogP contribution in [0, 0.1) is 41.4 Å². The van der Waals surface area contributed by atoms with Crippen LogP contribution in [0.5, 0.6) is 0 Å². The first kappa shape index (κ1) is 32.0. The molecule has 0 unspecified atom stereocenters. The Balaban J connectivity index is 0.000000162. The zero-order chi connectivity index (χ0) is 32.9. The summed E-state index contributed by atoms with van der Waals surface area (Å²) in [4.78, 5) is 28.1. The van der Waals surface area contributed by atoms with Gasteiger partial charge in [0, 0.05) is 30.6 Å². The van der Waals surface area contributed by atoms with Crippen LogP contribution in [-0.2, 0) is 19.6 Å². The van der Waals surface area contributed by atoms with E-state index in [1.54, 1.807) is 30.3 Å². The van der Waals surface area contributed by atoms with E-state index < -0.39 is 27.3 Å². The summed E-state index contributed by atoms with van der Waals surface area (Å²) in [6, 6.07) is 10.9. The molecule has 10 heteroatoms. The molecule has 3 saturated carbocycles. The Labute approximate surface area is 270 Å². The van der Waals surface area contributed by atoms with E-state index in [-0.39, 0.29) is 27.4 Å². The normalized spacial score (nSPS) is 32.3. The molecule has 242 valence electrons. The van der Waals surface area contributed by atoms with Crippen LogP contribution >= 0.6 is 0 Å². The minimum atomic E-state index is -3.91. The van der Waals surface area contributed by atoms with Crippen LogP contribution in [0.3, 0.4) is 0 Å². The van der Waals surface area contributed by atoms with E-state index in [1.807, 2.05) is 6.08 Å². The molecule has 4 aliphatic carbocycles. The zero-order valence-corrected chi connectivity index (χ0v) is 27.1. The maximum atomic E-state index is 12.5. The van der Waals surface area contributed by atoms with Crippen molar-refractivity contribution in [2.45, 2.75) is 75.2 Å². The maximum Gasteiger partial charge on any atom is 0.277 e. The molecular weight excluding hydrogens is 602 g/mol. The van der Waals surface area contributed by atoms with E-state index in [9.17, 15) is 28.2 Å². The third-order valence-corrected chi connectivity index (χ3v) is 13.3. The molecule has 1 aliphatic heterocycles. The number of sulfonamides is 1. The molecular formula is C36H41N3O6S. The number of likely N-dealkylation sites (N-methyl/N-ethyl adjacent to an activating group) is 1. The third kappa shape index (κ3) is 5.05. The van der Waals surface area contributed by atoms with Crippen LogP contribution in [0.25, 0.3) is 5.76 Å². The highest BCUT2D eigenvalue weighted by atomic mass is 32.2. The number of aromatic nitrogens is 1. The lowest BCUT2D eigenvalue weighted by Gasteiger charge is -2.55. The van der Waals surface area contributed by atoms with E-state index in [2.05, 4.69) is 23.1 Å². The molecule has 9 nitrogen and oxygen atoms in total. The lowest BCUT2D eigenvalue weighted by Crippen LogP contribution is -2.53. The zero-order valence-electron chi connectivity index (χ0n) is 26.3. The van der Waals surface area contributed by atoms with Gasteiger partial charge in [0.15, 0.2) is 17.2 Å². The number of benzene rings is 1. The van der Waals surface area contributed by atoms with Crippen LogP contribution in [0.2, 0.25) is 0 Å². The first-order valence-electron chi connectivity index (χ1n) is 16.1. The number of pyridine rings is 1. The van der Waals surface area contributed by atoms with Crippen molar-refractivity contribution in [2.24, 2.45) is 29.1 Å². The summed E-state index contributed by atoms with van der Waals surface area (Å²) in [6.07, 6.45) is 18.4. The average Bonchev–Trinajstić information content (AvgIpc) is 3.37. The van der Waals surface area contributed by atoms with Crippen molar-refractivity contribution in [1.29, 1.82) is 0 Å². The van der Waals surface area contributed by atoms with Gasteiger partial charge in [0.1, 0.15) is 11.4 Å². The Kier molecular flexibility index (Phi) is 8.36. The first-order chi connectivity index (χ1) is 22.0. The highest BCUT2D eigenvalue weighted by Crippen LogP contribution is 2.66. The molecule has 3 N–H and O–H groups in total. The van der Waals surface area contributed by atoms with E-state index >= 15 is 0 Å². The number of amides is 1. The number of allylic oxidation sites excluding steroid dienone is 1. The maximum absolute atomic E-state index is 12.5. The lowest BCUT2D eigenvalue weighted by atomic mass is 9.49. The standard InChI is InChI=1S/C21H28O2.C15H13N3O4S/c1-3-20-11-9-17-16-8-6-15(22)13-14(16)5-7-18(17)19(20)10-12-21(20,23)4-2;1-18-13(15(20)17-12-8-4-5-9-16-12)14(19)10-6-2-3-7-11(10)23(18,21)22/h2,13,16-19,23H,3,5-12H2,1H3;2-9,19H,1H3,(H,16,17,20)/t16-,17+,18+,19-,20-,21-;/m0./s1. The number of hydrogen-bond donors (Lipinski definition) is 3. The number of carbonyl (C=O) groups excluding carboxylic acids is 2. The van der Waals surface area contributed by atoms with E-state index in [0.717, 1.165) is 49.3 Å². The number of nitrogens with one attached hydrogen (secondary N) is 1. The van der Waals surface area contributed by atoms with Crippen molar-refractivity contribution < 1.29 is 28.2 Å². The Bertz CT molecular complexity index is 1760. The number of terminal acetylenes is 1. The molecule has 0 radical (unpaired) electrons. The highest BCUT2D eigenvalue weighted by Gasteiger charge is 2.63. The largest absolute Gasteiger partial charge is 0.505 e. The second kappa shape index (κ2) is 12.0. The van der Waals surface area contributed by atoms with Gasteiger partial charge in [0.2, 0.25) is 0 Å². The van der Waals surface area contributed by atoms with Gasteiger partial charge in [-0.25, -0.2) is 13.4 Å². The summed E-state index contributed by atoms with van der Waals surface area (Å²) in [5, 5.41) is 23.9. The van der Waals surface area contributed by atoms with Gasteiger partial charge < -0.3 is 15.5 Å². The fourth-order valence-corrected chi connectivity index (χ4v) is 10.7. The molecule has 1 amide bonds.